The van der Waals surface area contributed by atoms with Crippen molar-refractivity contribution in [1.82, 2.24) is 24.1 Å². The van der Waals surface area contributed by atoms with Crippen LogP contribution in [0, 0.1) is 0 Å². The summed E-state index contributed by atoms with van der Waals surface area (Å²) in [6.45, 7) is 0. The molecule has 0 saturated heterocycles. The van der Waals surface area contributed by atoms with Gasteiger partial charge in [-0.25, -0.2) is 0 Å². The molecule has 0 atom stereocenters. The fourth-order valence-electron chi connectivity index (χ4n) is 9.42. The van der Waals surface area contributed by atoms with Gasteiger partial charge in [-0.1, -0.05) is 72.8 Å². The van der Waals surface area contributed by atoms with Crippen molar-refractivity contribution in [3.8, 4) is 33.6 Å². The Morgan fingerprint density at radius 1 is 0.439 bits per heavy atom. The van der Waals surface area contributed by atoms with Crippen molar-refractivity contribution in [1.29, 1.82) is 0 Å². The number of pyridine rings is 3. The van der Waals surface area contributed by atoms with E-state index in [1.54, 1.807) is 0 Å². The van der Waals surface area contributed by atoms with Gasteiger partial charge in [0.05, 0.1) is 44.5 Å². The van der Waals surface area contributed by atoms with Crippen LogP contribution in [0.5, 0.6) is 0 Å². The standard InChI is InChI=1S/C52H35N5/c1-2-13-37(14-3-1)56-46-23-21-33(28-43(46)51-48(56)19-10-26-54-51)36-31-41-39-16-5-4-12-34(39)29-42(41)50(32-36)57-47-24-22-35(30-44(47)52-49(57)20-11-27-55-52)38-15-6-7-17-40(38)45-18-8-9-25-53-45/h1-5,8-28,30-32H,6-7,29H2. The molecule has 12 rings (SSSR count). The van der Waals surface area contributed by atoms with Gasteiger partial charge in [0, 0.05) is 47.0 Å². The molecular formula is C52H35N5. The Morgan fingerprint density at radius 2 is 1.11 bits per heavy atom. The minimum atomic E-state index is 0.874. The number of rotatable bonds is 5. The zero-order valence-corrected chi connectivity index (χ0v) is 31.1. The van der Waals surface area contributed by atoms with Gasteiger partial charge in [-0.2, -0.15) is 0 Å². The van der Waals surface area contributed by atoms with Crippen molar-refractivity contribution < 1.29 is 0 Å². The van der Waals surface area contributed by atoms with Crippen molar-refractivity contribution in [2.24, 2.45) is 0 Å². The number of allylic oxidation sites excluding steroid dienone is 4. The van der Waals surface area contributed by atoms with E-state index in [9.17, 15) is 0 Å². The van der Waals surface area contributed by atoms with Crippen LogP contribution >= 0.6 is 0 Å². The summed E-state index contributed by atoms with van der Waals surface area (Å²) in [5.74, 6) is 0. The zero-order chi connectivity index (χ0) is 37.5. The number of hydrogen-bond donors (Lipinski definition) is 0. The number of benzene rings is 5. The van der Waals surface area contributed by atoms with E-state index in [4.69, 9.17) is 15.0 Å². The molecule has 0 fully saturated rings. The van der Waals surface area contributed by atoms with E-state index in [-0.39, 0.29) is 0 Å². The van der Waals surface area contributed by atoms with Gasteiger partial charge in [0.1, 0.15) is 0 Å². The summed E-state index contributed by atoms with van der Waals surface area (Å²) >= 11 is 0. The Balaban J connectivity index is 1.08. The van der Waals surface area contributed by atoms with Crippen molar-refractivity contribution >= 4 is 55.0 Å². The molecule has 5 heterocycles. The number of aromatic nitrogens is 5. The summed E-state index contributed by atoms with van der Waals surface area (Å²) in [6.07, 6.45) is 13.3. The summed E-state index contributed by atoms with van der Waals surface area (Å²) in [6, 6.07) is 52.7. The van der Waals surface area contributed by atoms with Crippen LogP contribution in [0.15, 0.2) is 176 Å². The molecule has 0 unspecified atom stereocenters. The highest BCUT2D eigenvalue weighted by atomic mass is 15.0. The second kappa shape index (κ2) is 12.6. The third-order valence-electron chi connectivity index (χ3n) is 11.9. The predicted octanol–water partition coefficient (Wildman–Crippen LogP) is 12.6. The summed E-state index contributed by atoms with van der Waals surface area (Å²) in [4.78, 5) is 14.7. The van der Waals surface area contributed by atoms with Crippen LogP contribution in [0.1, 0.15) is 35.2 Å². The largest absolute Gasteiger partial charge is 0.308 e. The monoisotopic (exact) mass is 729 g/mol. The molecule has 2 aliphatic rings. The first kappa shape index (κ1) is 31.9. The van der Waals surface area contributed by atoms with Gasteiger partial charge < -0.3 is 9.13 Å². The van der Waals surface area contributed by atoms with Gasteiger partial charge in [0.25, 0.3) is 0 Å². The molecule has 5 heteroatoms. The number of para-hydroxylation sites is 1. The summed E-state index contributed by atoms with van der Waals surface area (Å²) in [7, 11) is 0. The van der Waals surface area contributed by atoms with Gasteiger partial charge in [0.15, 0.2) is 0 Å². The third-order valence-corrected chi connectivity index (χ3v) is 11.9. The Labute approximate surface area is 329 Å². The minimum absolute atomic E-state index is 0.874. The zero-order valence-electron chi connectivity index (χ0n) is 31.1. The predicted molar refractivity (Wildman–Crippen MR) is 234 cm³/mol. The van der Waals surface area contributed by atoms with E-state index in [2.05, 4.69) is 155 Å². The molecule has 2 aliphatic carbocycles. The average Bonchev–Trinajstić information content (AvgIpc) is 3.94. The average molecular weight is 730 g/mol. The lowest BCUT2D eigenvalue weighted by atomic mass is 9.89. The number of fused-ring (bicyclic) bond motifs is 9. The van der Waals surface area contributed by atoms with Crippen LogP contribution in [0.2, 0.25) is 0 Å². The fourth-order valence-corrected chi connectivity index (χ4v) is 9.42. The highest BCUT2D eigenvalue weighted by molar-refractivity contribution is 6.12. The molecule has 0 N–H and O–H groups in total. The lowest BCUT2D eigenvalue weighted by Gasteiger charge is -2.18. The summed E-state index contributed by atoms with van der Waals surface area (Å²) < 4.78 is 4.78. The Bertz CT molecular complexity index is 3310. The van der Waals surface area contributed by atoms with E-state index in [0.29, 0.717) is 0 Å². The highest BCUT2D eigenvalue weighted by Crippen LogP contribution is 2.46. The quantitative estimate of drug-likeness (QED) is 0.177. The maximum absolute atomic E-state index is 5.05. The first-order valence-corrected chi connectivity index (χ1v) is 19.7. The van der Waals surface area contributed by atoms with Gasteiger partial charge in [-0.15, -0.1) is 0 Å². The lowest BCUT2D eigenvalue weighted by Crippen LogP contribution is -2.01. The van der Waals surface area contributed by atoms with Crippen molar-refractivity contribution in [3.63, 3.8) is 0 Å². The van der Waals surface area contributed by atoms with E-state index in [1.807, 2.05) is 30.7 Å². The Morgan fingerprint density at radius 3 is 1.89 bits per heavy atom. The smallest absolute Gasteiger partial charge is 0.0963 e. The third kappa shape index (κ3) is 4.92. The summed E-state index contributed by atoms with van der Waals surface area (Å²) in [5.41, 5.74) is 21.1. The van der Waals surface area contributed by atoms with E-state index in [1.165, 1.54) is 50.2 Å². The van der Waals surface area contributed by atoms with E-state index >= 15 is 0 Å². The molecule has 5 aromatic heterocycles. The van der Waals surface area contributed by atoms with Gasteiger partial charge in [-0.05, 0) is 142 Å². The second-order valence-corrected chi connectivity index (χ2v) is 15.1. The first-order chi connectivity index (χ1) is 28.3. The molecule has 268 valence electrons. The van der Waals surface area contributed by atoms with Crippen LogP contribution < -0.4 is 0 Å². The molecule has 10 aromatic rings. The van der Waals surface area contributed by atoms with E-state index < -0.39 is 0 Å². The van der Waals surface area contributed by atoms with Crippen LogP contribution in [-0.2, 0) is 6.42 Å². The van der Waals surface area contributed by atoms with Crippen molar-refractivity contribution in [2.75, 3.05) is 0 Å². The maximum Gasteiger partial charge on any atom is 0.0963 e. The summed E-state index contributed by atoms with van der Waals surface area (Å²) in [5, 5.41) is 2.28. The molecule has 0 aliphatic heterocycles. The highest BCUT2D eigenvalue weighted by Gasteiger charge is 2.26. The van der Waals surface area contributed by atoms with Crippen molar-refractivity contribution in [2.45, 2.75) is 19.3 Å². The molecule has 0 amide bonds. The van der Waals surface area contributed by atoms with Crippen LogP contribution in [0.25, 0.3) is 88.6 Å². The van der Waals surface area contributed by atoms with Crippen LogP contribution in [0.4, 0.5) is 0 Å². The van der Waals surface area contributed by atoms with Gasteiger partial charge in [0.2, 0.25) is 0 Å². The van der Waals surface area contributed by atoms with Crippen LogP contribution in [-0.4, -0.2) is 24.1 Å². The second-order valence-electron chi connectivity index (χ2n) is 15.1. The maximum atomic E-state index is 5.05. The normalized spacial score (nSPS) is 13.6. The minimum Gasteiger partial charge on any atom is -0.308 e. The molecular weight excluding hydrogens is 695 g/mol. The van der Waals surface area contributed by atoms with Gasteiger partial charge in [-0.3, -0.25) is 15.0 Å². The number of nitrogens with zero attached hydrogens (tertiary/aromatic N) is 5. The number of hydrogen-bond acceptors (Lipinski definition) is 3. The molecule has 0 radical (unpaired) electrons. The van der Waals surface area contributed by atoms with Gasteiger partial charge >= 0.3 is 0 Å². The Hall–Kier alpha value is -7.37. The lowest BCUT2D eigenvalue weighted by molar-refractivity contribution is 1.04. The van der Waals surface area contributed by atoms with Crippen molar-refractivity contribution in [3.05, 3.63) is 199 Å². The SMILES string of the molecule is C1=C(c2ccc3c(c2)c2ncccc2n3-c2cc(-c3ccc4c(c3)c3ncccc3n4-c3ccccc3)cc3c2Cc2ccccc2-3)C(c2ccccn2)=CCC1. The first-order valence-electron chi connectivity index (χ1n) is 19.7. The molecule has 0 spiro atoms. The molecule has 0 bridgehead atoms. The molecule has 57 heavy (non-hydrogen) atoms. The van der Waals surface area contributed by atoms with E-state index in [0.717, 1.165) is 80.1 Å². The fraction of sp³-hybridized carbons (Fsp3) is 0.0577. The molecule has 5 nitrogen and oxygen atoms in total. The molecule has 0 saturated carbocycles. The molecule has 5 aromatic carbocycles. The Kier molecular flexibility index (Phi) is 7.05. The topological polar surface area (TPSA) is 48.5 Å². The van der Waals surface area contributed by atoms with Crippen LogP contribution in [0.3, 0.4) is 0 Å².